The summed E-state index contributed by atoms with van der Waals surface area (Å²) in [6.07, 6.45) is 32.1. The molecule has 12 saturated carbocycles. The van der Waals surface area contributed by atoms with Crippen molar-refractivity contribution < 1.29 is 14.4 Å². The van der Waals surface area contributed by atoms with Gasteiger partial charge in [0.15, 0.2) is 17.1 Å². The fourth-order valence-corrected chi connectivity index (χ4v) is 21.9. The zero-order chi connectivity index (χ0) is 67.1. The lowest BCUT2D eigenvalue weighted by Gasteiger charge is -2.56. The molecule has 18 rings (SSSR count). The van der Waals surface area contributed by atoms with E-state index in [2.05, 4.69) is 138 Å². The highest BCUT2D eigenvalue weighted by atomic mass is 127. The van der Waals surface area contributed by atoms with Crippen molar-refractivity contribution in [2.75, 3.05) is 17.5 Å². The predicted octanol–water partition coefficient (Wildman–Crippen LogP) is 18.0. The largest absolute Gasteiger partial charge is 0.345 e. The van der Waals surface area contributed by atoms with Gasteiger partial charge in [-0.1, -0.05) is 132 Å². The highest BCUT2D eigenvalue weighted by Gasteiger charge is 2.54. The monoisotopic (exact) mass is 1440 g/mol. The van der Waals surface area contributed by atoms with Crippen molar-refractivity contribution in [3.05, 3.63) is 135 Å². The van der Waals surface area contributed by atoms with Crippen molar-refractivity contribution >= 4 is 57.7 Å². The number of alkyl halides is 1. The number of aliphatic imine (C=N–C) groups is 1. The summed E-state index contributed by atoms with van der Waals surface area (Å²) in [5.74, 6) is 7.31. The van der Waals surface area contributed by atoms with E-state index in [-0.39, 0.29) is 34.3 Å². The zero-order valence-electron chi connectivity index (χ0n) is 57.7. The summed E-state index contributed by atoms with van der Waals surface area (Å²) >= 11 is 7.09. The second-order valence-corrected chi connectivity index (χ2v) is 32.7. The van der Waals surface area contributed by atoms with Crippen molar-refractivity contribution in [2.24, 2.45) is 63.4 Å². The number of rotatable bonds is 26. The van der Waals surface area contributed by atoms with Gasteiger partial charge in [-0.3, -0.25) is 28.4 Å². The van der Waals surface area contributed by atoms with Gasteiger partial charge in [-0.25, -0.2) is 4.99 Å². The van der Waals surface area contributed by atoms with Crippen molar-refractivity contribution in [1.82, 2.24) is 45.3 Å². The van der Waals surface area contributed by atoms with Crippen LogP contribution < -0.4 is 16.0 Å². The maximum absolute atomic E-state index is 13.6. The molecular formula is C79H102IN13O3S. The van der Waals surface area contributed by atoms with E-state index in [1.807, 2.05) is 58.8 Å². The number of thiocarbonyl (C=S) groups is 1. The Morgan fingerprint density at radius 2 is 0.742 bits per heavy atom. The van der Waals surface area contributed by atoms with Gasteiger partial charge in [0.25, 0.3) is 17.7 Å². The molecule has 0 radical (unpaired) electrons. The molecule has 12 aliphatic rings. The number of unbranched alkanes of at least 4 members (excludes halogenated alkanes) is 6. The number of hydrogen-bond acceptors (Lipinski definition) is 9. The van der Waals surface area contributed by atoms with Gasteiger partial charge >= 0.3 is 0 Å². The van der Waals surface area contributed by atoms with Crippen LogP contribution in [0.4, 0.5) is 0 Å². The lowest BCUT2D eigenvalue weighted by Crippen LogP contribution is -2.60. The van der Waals surface area contributed by atoms with E-state index < -0.39 is 0 Å². The highest BCUT2D eigenvalue weighted by molar-refractivity contribution is 14.1. The Hall–Kier alpha value is -6.46. The van der Waals surface area contributed by atoms with Crippen LogP contribution >= 0.6 is 34.8 Å². The Balaban J connectivity index is 0.000000131. The van der Waals surface area contributed by atoms with Crippen LogP contribution in [0.3, 0.4) is 0 Å². The minimum atomic E-state index is -0.0176. The highest BCUT2D eigenvalue weighted by Crippen LogP contribution is 2.58. The zero-order valence-corrected chi connectivity index (χ0v) is 60.6. The summed E-state index contributed by atoms with van der Waals surface area (Å²) in [7, 11) is 0. The number of isothiocyanates is 1. The summed E-state index contributed by atoms with van der Waals surface area (Å²) in [5.41, 5.74) is 19.7. The number of carbonyl (C=O) groups is 3. The number of amides is 3. The molecular weight excluding hydrogens is 1340 g/mol. The van der Waals surface area contributed by atoms with Gasteiger partial charge in [-0.15, -0.1) is 0 Å². The van der Waals surface area contributed by atoms with Crippen LogP contribution in [0, 0.1) is 74.0 Å². The molecule has 3 N–H and O–H groups in total. The fraction of sp³-hybridized carbons (Fsp3) is 0.608. The van der Waals surface area contributed by atoms with Crippen LogP contribution in [0.1, 0.15) is 222 Å². The van der Waals surface area contributed by atoms with Gasteiger partial charge < -0.3 is 16.0 Å². The minimum absolute atomic E-state index is 0.00277. The van der Waals surface area contributed by atoms with Gasteiger partial charge in [0.05, 0.1) is 22.2 Å². The van der Waals surface area contributed by atoms with Gasteiger partial charge in [0, 0.05) is 87.6 Å². The number of carbonyl (C=O) groups excluding carboxylic acids is 3. The fourth-order valence-electron chi connectivity index (χ4n) is 21.2. The summed E-state index contributed by atoms with van der Waals surface area (Å²) < 4.78 is 7.33. The molecule has 3 aromatic carbocycles. The van der Waals surface area contributed by atoms with E-state index >= 15 is 0 Å². The lowest BCUT2D eigenvalue weighted by atomic mass is 9.53. The smallest absolute Gasteiger partial charge is 0.272 e. The van der Waals surface area contributed by atoms with Crippen LogP contribution in [0.15, 0.2) is 101 Å². The maximum Gasteiger partial charge on any atom is 0.272 e. The van der Waals surface area contributed by atoms with Gasteiger partial charge in [0.1, 0.15) is 0 Å². The number of azide groups is 1. The molecule has 0 unspecified atom stereocenters. The molecule has 18 heteroatoms. The molecule has 3 heterocycles. The second kappa shape index (κ2) is 31.0. The summed E-state index contributed by atoms with van der Waals surface area (Å²) in [5, 5.41) is 31.2. The maximum atomic E-state index is 13.6. The first-order chi connectivity index (χ1) is 47.2. The molecule has 12 aliphatic carbocycles. The quantitative estimate of drug-likeness (QED) is 0.00700. The Morgan fingerprint density at radius 3 is 1.01 bits per heavy atom. The van der Waals surface area contributed by atoms with Crippen LogP contribution in [0.5, 0.6) is 0 Å². The molecule has 16 nitrogen and oxygen atoms in total. The van der Waals surface area contributed by atoms with Crippen LogP contribution in [-0.2, 0) is 19.6 Å². The molecule has 6 aromatic rings. The summed E-state index contributed by atoms with van der Waals surface area (Å²) in [6.45, 7) is 9.81. The van der Waals surface area contributed by atoms with E-state index in [1.165, 1.54) is 94.3 Å². The van der Waals surface area contributed by atoms with Gasteiger partial charge in [0.2, 0.25) is 0 Å². The van der Waals surface area contributed by atoms with Crippen molar-refractivity contribution in [1.29, 1.82) is 0 Å². The Kier molecular flexibility index (Phi) is 22.0. The SMILES string of the molecule is Cc1c(C(=O)NC23CC4CC(CC(C4)C2)C3)nn(CCCCCI)c1-c1ccccc1.Cc1c(C(=O)NC23CC4CC(CC(C4)C2)C3)nn(CCCCCN=C=S)c1-c1ccccc1.Cc1c(C(=O)NC23CC4CC(CC(C4)C2)C3)nn(CCCCCN=[N+]=[N-])c1-c1ccccc1. The third-order valence-electron chi connectivity index (χ3n) is 24.0. The molecule has 0 atom stereocenters. The Bertz CT molecular complexity index is 3550. The number of hydrogen-bond donors (Lipinski definition) is 3. The van der Waals surface area contributed by atoms with Crippen molar-refractivity contribution in [3.63, 3.8) is 0 Å². The van der Waals surface area contributed by atoms with Gasteiger partial charge in [-0.2, -0.15) is 15.3 Å². The Morgan fingerprint density at radius 1 is 0.464 bits per heavy atom. The first-order valence-electron chi connectivity index (χ1n) is 37.2. The first kappa shape index (κ1) is 69.0. The standard InChI is InChI=1S/C27H34N4OS.C26H34IN3O.C26H34N6O/c1-19-24(26(32)29-27-15-20-12-21(16-27)14-22(13-20)17-27)30-31(11-7-3-6-10-28-18-33)25(19)23-8-4-2-5-9-23;1-18-23(25(31)28-26-15-19-12-20(16-26)14-21(13-19)17-26)29-30(11-7-3-6-10-27)24(18)22-8-4-2-5-9-22;1-18-23(25(33)29-26-15-19-12-20(16-26)14-21(13-19)17-26)30-32(11-7-3-6-10-28-31-27)24(18)22-8-4-2-5-9-22/h2,4-5,8-9,20-22H,3,6-7,10-17H2,1H3,(H,29,32);2,4-5,8-9,19-21H,3,6-7,10-17H2,1H3,(H,28,31);2,4-5,8-9,19-21H,3,6-7,10-17H2,1H3,(H,29,33). The van der Waals surface area contributed by atoms with Crippen LogP contribution in [-0.4, -0.2) is 86.4 Å². The molecule has 514 valence electrons. The van der Waals surface area contributed by atoms with Crippen LogP contribution in [0.25, 0.3) is 44.2 Å². The third kappa shape index (κ3) is 15.9. The number of aryl methyl sites for hydroxylation is 3. The molecule has 3 aromatic heterocycles. The van der Waals surface area contributed by atoms with Crippen molar-refractivity contribution in [3.8, 4) is 33.8 Å². The molecule has 12 fully saturated rings. The average Bonchev–Trinajstić information content (AvgIpc) is 1.22. The number of aromatic nitrogens is 6. The molecule has 97 heavy (non-hydrogen) atoms. The van der Waals surface area contributed by atoms with E-state index in [9.17, 15) is 14.4 Å². The number of nitrogens with zero attached hydrogens (tertiary/aromatic N) is 10. The average molecular weight is 1440 g/mol. The normalized spacial score (nSPS) is 27.8. The Labute approximate surface area is 593 Å². The lowest BCUT2D eigenvalue weighted by molar-refractivity contribution is -0.0172. The number of halogens is 1. The van der Waals surface area contributed by atoms with Crippen molar-refractivity contribution in [2.45, 2.75) is 230 Å². The summed E-state index contributed by atoms with van der Waals surface area (Å²) in [4.78, 5) is 47.5. The molecule has 0 aliphatic heterocycles. The predicted molar refractivity (Wildman–Crippen MR) is 397 cm³/mol. The van der Waals surface area contributed by atoms with E-state index in [0.29, 0.717) is 23.6 Å². The van der Waals surface area contributed by atoms with Gasteiger partial charge in [-0.05, 0) is 257 Å². The topological polar surface area (TPSA) is 202 Å². The van der Waals surface area contributed by atoms with E-state index in [1.54, 1.807) is 0 Å². The second-order valence-electron chi connectivity index (χ2n) is 31.5. The minimum Gasteiger partial charge on any atom is -0.345 e. The first-order valence-corrected chi connectivity index (χ1v) is 39.1. The number of benzene rings is 3. The summed E-state index contributed by atoms with van der Waals surface area (Å²) in [6, 6.07) is 31.0. The third-order valence-corrected chi connectivity index (χ3v) is 24.9. The van der Waals surface area contributed by atoms with Crippen LogP contribution in [0.2, 0.25) is 0 Å². The van der Waals surface area contributed by atoms with E-state index in [0.717, 1.165) is 213 Å². The molecule has 12 bridgehead atoms. The van der Waals surface area contributed by atoms with E-state index in [4.69, 9.17) is 20.8 Å². The number of nitrogens with one attached hydrogen (secondary N) is 3. The molecule has 3 amide bonds. The molecule has 0 saturated heterocycles. The molecule has 0 spiro atoms.